The number of methoxy groups -OCH3 is 1. The molecule has 0 amide bonds. The van der Waals surface area contributed by atoms with E-state index in [0.717, 1.165) is 4.57 Å². The first-order chi connectivity index (χ1) is 8.24. The maximum atomic E-state index is 13.0. The lowest BCUT2D eigenvalue weighted by molar-refractivity contribution is 0.0656. The Morgan fingerprint density at radius 3 is 2.88 bits per heavy atom. The lowest BCUT2D eigenvalue weighted by Crippen LogP contribution is -2.01. The Kier molecular flexibility index (Phi) is 3.96. The molecule has 0 saturated carbocycles. The Bertz CT molecular complexity index is 501. The van der Waals surface area contributed by atoms with E-state index in [2.05, 4.69) is 4.98 Å². The van der Waals surface area contributed by atoms with Crippen LogP contribution in [0.3, 0.4) is 0 Å². The van der Waals surface area contributed by atoms with Crippen molar-refractivity contribution in [3.05, 3.63) is 24.3 Å². The van der Waals surface area contributed by atoms with E-state index in [-0.39, 0.29) is 0 Å². The number of ether oxygens (including phenoxy) is 1. The van der Waals surface area contributed by atoms with Crippen molar-refractivity contribution >= 4 is 22.8 Å². The third-order valence-electron chi connectivity index (χ3n) is 2.28. The fourth-order valence-electron chi connectivity index (χ4n) is 1.53. The summed E-state index contributed by atoms with van der Waals surface area (Å²) in [6, 6.07) is 6.89. The standard InChI is InChI=1S/C11H12F2N2OS/c1-16-6-7-17-11-14-8-4-2-3-5-9(8)15(11)10(12)13/h2-5,10H,6-7H2,1H3. The van der Waals surface area contributed by atoms with Gasteiger partial charge in [0.1, 0.15) is 0 Å². The molecule has 0 spiro atoms. The second kappa shape index (κ2) is 5.46. The Labute approximate surface area is 102 Å². The van der Waals surface area contributed by atoms with Gasteiger partial charge in [-0.05, 0) is 12.1 Å². The van der Waals surface area contributed by atoms with E-state index in [1.54, 1.807) is 31.4 Å². The van der Waals surface area contributed by atoms with Gasteiger partial charge in [-0.25, -0.2) is 4.98 Å². The van der Waals surface area contributed by atoms with Gasteiger partial charge in [0.05, 0.1) is 17.6 Å². The molecule has 0 N–H and O–H groups in total. The lowest BCUT2D eigenvalue weighted by Gasteiger charge is -2.06. The molecule has 17 heavy (non-hydrogen) atoms. The van der Waals surface area contributed by atoms with Crippen LogP contribution in [0.25, 0.3) is 11.0 Å². The number of fused-ring (bicyclic) bond motifs is 1. The average molecular weight is 258 g/mol. The van der Waals surface area contributed by atoms with E-state index < -0.39 is 6.55 Å². The summed E-state index contributed by atoms with van der Waals surface area (Å²) in [4.78, 5) is 4.20. The topological polar surface area (TPSA) is 27.1 Å². The predicted octanol–water partition coefficient (Wildman–Crippen LogP) is 3.17. The second-order valence-electron chi connectivity index (χ2n) is 3.37. The summed E-state index contributed by atoms with van der Waals surface area (Å²) in [7, 11) is 1.58. The highest BCUT2D eigenvalue weighted by Gasteiger charge is 2.17. The minimum absolute atomic E-state index is 0.332. The van der Waals surface area contributed by atoms with Crippen LogP contribution in [0.15, 0.2) is 29.4 Å². The zero-order chi connectivity index (χ0) is 12.3. The molecule has 0 saturated heterocycles. The van der Waals surface area contributed by atoms with Gasteiger partial charge in [-0.3, -0.25) is 4.57 Å². The van der Waals surface area contributed by atoms with Crippen LogP contribution >= 0.6 is 11.8 Å². The number of nitrogens with zero attached hydrogens (tertiary/aromatic N) is 2. The minimum atomic E-state index is -2.58. The Hall–Kier alpha value is -1.14. The molecule has 0 fully saturated rings. The number of thioether (sulfide) groups is 1. The summed E-state index contributed by atoms with van der Waals surface area (Å²) in [5.74, 6) is 0.604. The van der Waals surface area contributed by atoms with Gasteiger partial charge < -0.3 is 4.74 Å². The number of para-hydroxylation sites is 2. The SMILES string of the molecule is COCCSc1nc2ccccc2n1C(F)F. The number of benzene rings is 1. The van der Waals surface area contributed by atoms with Crippen molar-refractivity contribution in [2.75, 3.05) is 19.5 Å². The summed E-state index contributed by atoms with van der Waals surface area (Å²) in [6.45, 7) is -2.07. The smallest absolute Gasteiger partial charge is 0.321 e. The second-order valence-corrected chi connectivity index (χ2v) is 4.43. The highest BCUT2D eigenvalue weighted by molar-refractivity contribution is 7.99. The highest BCUT2D eigenvalue weighted by atomic mass is 32.2. The quantitative estimate of drug-likeness (QED) is 0.609. The van der Waals surface area contributed by atoms with Crippen molar-refractivity contribution in [3.63, 3.8) is 0 Å². The van der Waals surface area contributed by atoms with Gasteiger partial charge in [0.2, 0.25) is 0 Å². The van der Waals surface area contributed by atoms with Crippen LogP contribution in [-0.4, -0.2) is 29.0 Å². The van der Waals surface area contributed by atoms with Crippen LogP contribution in [0.4, 0.5) is 8.78 Å². The van der Waals surface area contributed by atoms with Crippen molar-refractivity contribution in [3.8, 4) is 0 Å². The Morgan fingerprint density at radius 1 is 1.41 bits per heavy atom. The zero-order valence-corrected chi connectivity index (χ0v) is 10.1. The van der Waals surface area contributed by atoms with Crippen molar-refractivity contribution in [1.29, 1.82) is 0 Å². The largest absolute Gasteiger partial charge is 0.384 e. The molecule has 0 atom stereocenters. The van der Waals surface area contributed by atoms with Gasteiger partial charge in [-0.2, -0.15) is 8.78 Å². The summed E-state index contributed by atoms with van der Waals surface area (Å²) in [6.07, 6.45) is 0. The van der Waals surface area contributed by atoms with E-state index in [4.69, 9.17) is 4.74 Å². The third-order valence-corrected chi connectivity index (χ3v) is 3.19. The van der Waals surface area contributed by atoms with Crippen molar-refractivity contribution in [2.24, 2.45) is 0 Å². The maximum absolute atomic E-state index is 13.0. The molecule has 0 aliphatic heterocycles. The van der Waals surface area contributed by atoms with Crippen molar-refractivity contribution < 1.29 is 13.5 Å². The molecule has 0 unspecified atom stereocenters. The molecule has 2 rings (SSSR count). The van der Waals surface area contributed by atoms with Crippen LogP contribution in [0.2, 0.25) is 0 Å². The number of hydrogen-bond acceptors (Lipinski definition) is 3. The number of aromatic nitrogens is 2. The molecule has 2 aromatic rings. The fourth-order valence-corrected chi connectivity index (χ4v) is 2.44. The normalized spacial score (nSPS) is 11.5. The molecule has 6 heteroatoms. The first-order valence-corrected chi connectivity index (χ1v) is 6.09. The molecule has 1 aromatic carbocycles. The molecule has 1 aromatic heterocycles. The first-order valence-electron chi connectivity index (χ1n) is 5.11. The fraction of sp³-hybridized carbons (Fsp3) is 0.364. The van der Waals surface area contributed by atoms with Gasteiger partial charge >= 0.3 is 6.55 Å². The van der Waals surface area contributed by atoms with Crippen LogP contribution in [0.5, 0.6) is 0 Å². The number of halogens is 2. The Morgan fingerprint density at radius 2 is 2.18 bits per heavy atom. The molecule has 0 bridgehead atoms. The van der Waals surface area contributed by atoms with E-state index in [9.17, 15) is 8.78 Å². The summed E-state index contributed by atoms with van der Waals surface area (Å²) in [5.41, 5.74) is 1.05. The van der Waals surface area contributed by atoms with Gasteiger partial charge in [-0.15, -0.1) is 0 Å². The Balaban J connectivity index is 2.36. The summed E-state index contributed by atoms with van der Waals surface area (Å²) < 4.78 is 31.8. The zero-order valence-electron chi connectivity index (χ0n) is 9.27. The van der Waals surface area contributed by atoms with Crippen LogP contribution in [0, 0.1) is 0 Å². The number of alkyl halides is 2. The molecule has 1 heterocycles. The molecule has 0 radical (unpaired) electrons. The van der Waals surface area contributed by atoms with E-state index in [1.807, 2.05) is 0 Å². The van der Waals surface area contributed by atoms with E-state index >= 15 is 0 Å². The highest BCUT2D eigenvalue weighted by Crippen LogP contribution is 2.28. The van der Waals surface area contributed by atoms with Gasteiger partial charge in [-0.1, -0.05) is 23.9 Å². The van der Waals surface area contributed by atoms with Gasteiger partial charge in [0, 0.05) is 12.9 Å². The molecule has 3 nitrogen and oxygen atoms in total. The van der Waals surface area contributed by atoms with Crippen molar-refractivity contribution in [2.45, 2.75) is 11.7 Å². The van der Waals surface area contributed by atoms with Crippen molar-refractivity contribution in [1.82, 2.24) is 9.55 Å². The maximum Gasteiger partial charge on any atom is 0.321 e. The number of rotatable bonds is 5. The average Bonchev–Trinajstić information content (AvgIpc) is 2.67. The van der Waals surface area contributed by atoms with Gasteiger partial charge in [0.25, 0.3) is 0 Å². The van der Waals surface area contributed by atoms with Crippen LogP contribution in [-0.2, 0) is 4.74 Å². The molecular weight excluding hydrogens is 246 g/mol. The first kappa shape index (κ1) is 12.3. The predicted molar refractivity (Wildman–Crippen MR) is 63.6 cm³/mol. The van der Waals surface area contributed by atoms with Crippen LogP contribution < -0.4 is 0 Å². The summed E-state index contributed by atoms with van der Waals surface area (Å²) in [5, 5.41) is 0.332. The molecule has 92 valence electrons. The lowest BCUT2D eigenvalue weighted by atomic mass is 10.3. The number of hydrogen-bond donors (Lipinski definition) is 0. The monoisotopic (exact) mass is 258 g/mol. The number of imidazole rings is 1. The van der Waals surface area contributed by atoms with Crippen LogP contribution in [0.1, 0.15) is 6.55 Å². The molecule has 0 aliphatic carbocycles. The third kappa shape index (κ3) is 2.58. The molecule has 0 aliphatic rings. The summed E-state index contributed by atoms with van der Waals surface area (Å²) >= 11 is 1.27. The van der Waals surface area contributed by atoms with Gasteiger partial charge in [0.15, 0.2) is 5.16 Å². The van der Waals surface area contributed by atoms with E-state index in [0.29, 0.717) is 28.5 Å². The molecular formula is C11H12F2N2OS. The van der Waals surface area contributed by atoms with E-state index in [1.165, 1.54) is 11.8 Å². The minimum Gasteiger partial charge on any atom is -0.384 e.